The fourth-order valence-electron chi connectivity index (χ4n) is 1.22. The van der Waals surface area contributed by atoms with Crippen molar-refractivity contribution in [2.45, 2.75) is 26.6 Å². The molecule has 0 unspecified atom stereocenters. The number of hydrogen-bond acceptors (Lipinski definition) is 4. The van der Waals surface area contributed by atoms with E-state index in [1.165, 1.54) is 6.07 Å². The molecule has 0 saturated heterocycles. The molecule has 0 fully saturated rings. The van der Waals surface area contributed by atoms with Gasteiger partial charge in [-0.15, -0.1) is 0 Å². The Morgan fingerprint density at radius 2 is 2.08 bits per heavy atom. The molecule has 1 aromatic heterocycles. The Balaban J connectivity index is 2.48. The van der Waals surface area contributed by atoms with E-state index in [1.54, 1.807) is 20.8 Å². The number of rotatable bonds is 0. The summed E-state index contributed by atoms with van der Waals surface area (Å²) >= 11 is 0. The van der Waals surface area contributed by atoms with Crippen molar-refractivity contribution in [2.75, 3.05) is 0 Å². The highest BCUT2D eigenvalue weighted by Crippen LogP contribution is 2.40. The number of aryl methyl sites for hydroxylation is 1. The molecule has 0 bridgehead atoms. The molecule has 0 aromatic carbocycles. The summed E-state index contributed by atoms with van der Waals surface area (Å²) in [7, 11) is 0. The van der Waals surface area contributed by atoms with Crippen LogP contribution < -0.4 is 9.47 Å². The standard InChI is InChI=1S/C9H11NO3/c1-5-6(11)4-7-8(10-5)13-9(2,3)12-7/h4,11H,1-3H3. The molecular formula is C9H11NO3. The van der Waals surface area contributed by atoms with Crippen molar-refractivity contribution < 1.29 is 14.6 Å². The summed E-state index contributed by atoms with van der Waals surface area (Å²) in [4.78, 5) is 4.05. The monoisotopic (exact) mass is 181 g/mol. The lowest BCUT2D eigenvalue weighted by Gasteiger charge is -2.15. The summed E-state index contributed by atoms with van der Waals surface area (Å²) in [5.41, 5.74) is 0.542. The number of nitrogens with zero attached hydrogens (tertiary/aromatic N) is 1. The van der Waals surface area contributed by atoms with Gasteiger partial charge in [-0.1, -0.05) is 0 Å². The fraction of sp³-hybridized carbons (Fsp3) is 0.444. The predicted molar refractivity (Wildman–Crippen MR) is 46.0 cm³/mol. The molecule has 4 nitrogen and oxygen atoms in total. The molecule has 70 valence electrons. The van der Waals surface area contributed by atoms with Crippen molar-refractivity contribution in [3.8, 4) is 17.4 Å². The van der Waals surface area contributed by atoms with Crippen molar-refractivity contribution in [2.24, 2.45) is 0 Å². The van der Waals surface area contributed by atoms with Crippen LogP contribution in [0.4, 0.5) is 0 Å². The second-order valence-electron chi connectivity index (χ2n) is 3.50. The Kier molecular flexibility index (Phi) is 1.43. The normalized spacial score (nSPS) is 17.5. The molecule has 0 radical (unpaired) electrons. The molecule has 0 amide bonds. The Hall–Kier alpha value is -1.45. The van der Waals surface area contributed by atoms with Gasteiger partial charge < -0.3 is 14.6 Å². The number of aromatic nitrogens is 1. The first kappa shape index (κ1) is 8.16. The van der Waals surface area contributed by atoms with Crippen LogP contribution in [-0.2, 0) is 0 Å². The maximum absolute atomic E-state index is 9.36. The summed E-state index contributed by atoms with van der Waals surface area (Å²) in [6.45, 7) is 5.30. The molecule has 0 atom stereocenters. The minimum Gasteiger partial charge on any atom is -0.506 e. The Morgan fingerprint density at radius 3 is 2.77 bits per heavy atom. The first-order valence-electron chi connectivity index (χ1n) is 4.06. The molecule has 2 heterocycles. The highest BCUT2D eigenvalue weighted by molar-refractivity contribution is 5.44. The zero-order valence-corrected chi connectivity index (χ0v) is 7.79. The van der Waals surface area contributed by atoms with Gasteiger partial charge in [0.05, 0.1) is 5.69 Å². The van der Waals surface area contributed by atoms with E-state index in [2.05, 4.69) is 4.98 Å². The van der Waals surface area contributed by atoms with Crippen molar-refractivity contribution >= 4 is 0 Å². The van der Waals surface area contributed by atoms with Gasteiger partial charge in [0.1, 0.15) is 5.75 Å². The van der Waals surface area contributed by atoms with Crippen LogP contribution in [0.2, 0.25) is 0 Å². The quantitative estimate of drug-likeness (QED) is 0.660. The van der Waals surface area contributed by atoms with E-state index in [9.17, 15) is 5.11 Å². The Morgan fingerprint density at radius 1 is 1.38 bits per heavy atom. The average molecular weight is 181 g/mol. The number of aromatic hydroxyl groups is 1. The summed E-state index contributed by atoms with van der Waals surface area (Å²) < 4.78 is 10.8. The molecule has 13 heavy (non-hydrogen) atoms. The van der Waals surface area contributed by atoms with Gasteiger partial charge in [-0.25, -0.2) is 4.98 Å². The van der Waals surface area contributed by atoms with Gasteiger partial charge in [0, 0.05) is 19.9 Å². The van der Waals surface area contributed by atoms with E-state index >= 15 is 0 Å². The van der Waals surface area contributed by atoms with Crippen LogP contribution in [-0.4, -0.2) is 15.9 Å². The fourth-order valence-corrected chi connectivity index (χ4v) is 1.22. The topological polar surface area (TPSA) is 51.6 Å². The van der Waals surface area contributed by atoms with Crippen LogP contribution in [0.5, 0.6) is 17.4 Å². The van der Waals surface area contributed by atoms with Crippen molar-refractivity contribution in [3.63, 3.8) is 0 Å². The summed E-state index contributed by atoms with van der Waals surface area (Å²) in [6.07, 6.45) is 0. The van der Waals surface area contributed by atoms with E-state index in [1.807, 2.05) is 0 Å². The minimum absolute atomic E-state index is 0.125. The Bertz CT molecular complexity index is 327. The van der Waals surface area contributed by atoms with Gasteiger partial charge in [0.2, 0.25) is 5.79 Å². The van der Waals surface area contributed by atoms with Crippen molar-refractivity contribution in [1.29, 1.82) is 0 Å². The van der Waals surface area contributed by atoms with Gasteiger partial charge in [-0.05, 0) is 6.92 Å². The largest absolute Gasteiger partial charge is 0.506 e. The minimum atomic E-state index is -0.685. The molecule has 1 N–H and O–H groups in total. The molecule has 0 aliphatic carbocycles. The third-order valence-electron chi connectivity index (χ3n) is 1.82. The highest BCUT2D eigenvalue weighted by atomic mass is 16.7. The second-order valence-corrected chi connectivity index (χ2v) is 3.50. The van der Waals surface area contributed by atoms with E-state index in [4.69, 9.17) is 9.47 Å². The molecule has 0 spiro atoms. The lowest BCUT2D eigenvalue weighted by atomic mass is 10.3. The number of hydrogen-bond donors (Lipinski definition) is 1. The van der Waals surface area contributed by atoms with Crippen molar-refractivity contribution in [1.82, 2.24) is 4.98 Å². The molecule has 0 saturated carbocycles. The van der Waals surface area contributed by atoms with Crippen molar-refractivity contribution in [3.05, 3.63) is 11.8 Å². The molecule has 4 heteroatoms. The van der Waals surface area contributed by atoms with Crippen LogP contribution in [0, 0.1) is 6.92 Å². The molecule has 1 aromatic rings. The predicted octanol–water partition coefficient (Wildman–Crippen LogP) is 1.60. The molecule has 1 aliphatic heterocycles. The molecule has 1 aliphatic rings. The smallest absolute Gasteiger partial charge is 0.261 e. The maximum Gasteiger partial charge on any atom is 0.261 e. The summed E-state index contributed by atoms with van der Waals surface area (Å²) in [6, 6.07) is 1.52. The first-order chi connectivity index (χ1) is 5.98. The average Bonchev–Trinajstić information content (AvgIpc) is 2.24. The number of pyridine rings is 1. The third kappa shape index (κ3) is 1.28. The van der Waals surface area contributed by atoms with E-state index < -0.39 is 5.79 Å². The second kappa shape index (κ2) is 2.28. The van der Waals surface area contributed by atoms with Crippen LogP contribution in [0.15, 0.2) is 6.07 Å². The molecule has 2 rings (SSSR count). The van der Waals surface area contributed by atoms with Gasteiger partial charge in [0.15, 0.2) is 5.75 Å². The van der Waals surface area contributed by atoms with Crippen LogP contribution in [0.25, 0.3) is 0 Å². The molecular weight excluding hydrogens is 170 g/mol. The zero-order valence-electron chi connectivity index (χ0n) is 7.79. The van der Waals surface area contributed by atoms with E-state index in [0.29, 0.717) is 17.3 Å². The van der Waals surface area contributed by atoms with Gasteiger partial charge in [-0.3, -0.25) is 0 Å². The van der Waals surface area contributed by atoms with Crippen LogP contribution in [0.3, 0.4) is 0 Å². The summed E-state index contributed by atoms with van der Waals surface area (Å²) in [5.74, 6) is 0.378. The lowest BCUT2D eigenvalue weighted by Crippen LogP contribution is -2.29. The number of fused-ring (bicyclic) bond motifs is 1. The van der Waals surface area contributed by atoms with Gasteiger partial charge in [-0.2, -0.15) is 0 Å². The summed E-state index contributed by atoms with van der Waals surface area (Å²) in [5, 5.41) is 9.36. The van der Waals surface area contributed by atoms with E-state index in [0.717, 1.165) is 0 Å². The lowest BCUT2D eigenvalue weighted by molar-refractivity contribution is -0.0448. The highest BCUT2D eigenvalue weighted by Gasteiger charge is 2.33. The SMILES string of the molecule is Cc1nc2c(cc1O)OC(C)(C)O2. The maximum atomic E-state index is 9.36. The van der Waals surface area contributed by atoms with Crippen LogP contribution in [0.1, 0.15) is 19.5 Å². The Labute approximate surface area is 76.1 Å². The first-order valence-corrected chi connectivity index (χ1v) is 4.06. The number of ether oxygens (including phenoxy) is 2. The van der Waals surface area contributed by atoms with Crippen LogP contribution >= 0.6 is 0 Å². The van der Waals surface area contributed by atoms with E-state index in [-0.39, 0.29) is 5.75 Å². The zero-order chi connectivity index (χ0) is 9.64. The third-order valence-corrected chi connectivity index (χ3v) is 1.82. The van der Waals surface area contributed by atoms with Gasteiger partial charge >= 0.3 is 0 Å². The van der Waals surface area contributed by atoms with Gasteiger partial charge in [0.25, 0.3) is 5.88 Å².